The van der Waals surface area contributed by atoms with Crippen molar-refractivity contribution < 1.29 is 18.6 Å². The maximum Gasteiger partial charge on any atom is 0.494 e. The van der Waals surface area contributed by atoms with Crippen LogP contribution in [-0.2, 0) is 31.0 Å². The molecule has 0 bridgehead atoms. The largest absolute Gasteiger partial charge is 0.593 e. The van der Waals surface area contributed by atoms with Gasteiger partial charge in [0, 0.05) is 12.7 Å². The van der Waals surface area contributed by atoms with E-state index in [0.717, 1.165) is 28.8 Å². The summed E-state index contributed by atoms with van der Waals surface area (Å²) in [7, 11) is 1.28. The van der Waals surface area contributed by atoms with Gasteiger partial charge in [0.15, 0.2) is 4.90 Å². The molecule has 2 fully saturated rings. The molecular weight excluding hydrogens is 361 g/mol. The smallest absolute Gasteiger partial charge is 0.494 e. The van der Waals surface area contributed by atoms with Crippen molar-refractivity contribution in [1.29, 1.82) is 0 Å². The molecule has 0 radical (unpaired) electrons. The van der Waals surface area contributed by atoms with Gasteiger partial charge in [-0.2, -0.15) is 0 Å². The van der Waals surface area contributed by atoms with Crippen molar-refractivity contribution in [2.75, 3.05) is 7.11 Å². The Bertz CT molecular complexity index is 696. The van der Waals surface area contributed by atoms with Crippen molar-refractivity contribution in [1.82, 2.24) is 4.72 Å². The molecule has 1 aliphatic heterocycles. The topological polar surface area (TPSA) is 62.8 Å². The van der Waals surface area contributed by atoms with Crippen molar-refractivity contribution in [2.45, 2.75) is 88.5 Å². The summed E-state index contributed by atoms with van der Waals surface area (Å²) in [5, 5.41) is 0. The Labute approximate surface area is 167 Å². The van der Waals surface area contributed by atoms with Gasteiger partial charge in [-0.3, -0.25) is 0 Å². The van der Waals surface area contributed by atoms with Crippen LogP contribution in [0.1, 0.15) is 66.9 Å². The third-order valence-electron chi connectivity index (χ3n) is 5.71. The van der Waals surface area contributed by atoms with E-state index in [1.807, 2.05) is 60.6 Å². The Hall–Kier alpha value is -0.565. The second kappa shape index (κ2) is 6.75. The van der Waals surface area contributed by atoms with Crippen LogP contribution in [0.25, 0.3) is 0 Å². The Morgan fingerprint density at radius 2 is 1.67 bits per heavy atom. The zero-order valence-corrected chi connectivity index (χ0v) is 18.6. The predicted molar refractivity (Wildman–Crippen MR) is 109 cm³/mol. The number of rotatable bonds is 5. The maximum absolute atomic E-state index is 13.0. The number of ether oxygens (including phenoxy) is 1. The fourth-order valence-corrected chi connectivity index (χ4v) is 4.52. The lowest BCUT2D eigenvalue weighted by Crippen LogP contribution is -2.42. The predicted octanol–water partition coefficient (Wildman–Crippen LogP) is 3.03. The highest BCUT2D eigenvalue weighted by Crippen LogP contribution is 2.50. The fourth-order valence-electron chi connectivity index (χ4n) is 3.22. The summed E-state index contributed by atoms with van der Waals surface area (Å²) in [6.45, 7) is 14.2. The first-order valence-electron chi connectivity index (χ1n) is 9.55. The summed E-state index contributed by atoms with van der Waals surface area (Å²) in [5.41, 5.74) is 0.494. The zero-order valence-electron chi connectivity index (χ0n) is 17.8. The van der Waals surface area contributed by atoms with E-state index in [1.165, 1.54) is 0 Å². The van der Waals surface area contributed by atoms with Gasteiger partial charge in [-0.1, -0.05) is 12.1 Å². The van der Waals surface area contributed by atoms with E-state index < -0.39 is 29.7 Å². The van der Waals surface area contributed by atoms with Gasteiger partial charge in [-0.15, -0.1) is 4.72 Å². The Kier molecular flexibility index (Phi) is 5.29. The lowest BCUT2D eigenvalue weighted by atomic mass is 9.78. The first kappa shape index (κ1) is 21.2. The summed E-state index contributed by atoms with van der Waals surface area (Å²) in [6.07, 6.45) is 1.85. The number of benzene rings is 1. The zero-order chi connectivity index (χ0) is 20.3. The molecule has 150 valence electrons. The molecule has 1 aliphatic carbocycles. The van der Waals surface area contributed by atoms with Gasteiger partial charge in [-0.05, 0) is 72.8 Å². The van der Waals surface area contributed by atoms with E-state index in [-0.39, 0.29) is 11.1 Å². The minimum atomic E-state index is -1.32. The van der Waals surface area contributed by atoms with Crippen LogP contribution in [0.4, 0.5) is 0 Å². The molecule has 3 rings (SSSR count). The van der Waals surface area contributed by atoms with Gasteiger partial charge in [0.25, 0.3) is 0 Å². The second-order valence-electron chi connectivity index (χ2n) is 9.66. The van der Waals surface area contributed by atoms with Gasteiger partial charge in [0.2, 0.25) is 0 Å². The van der Waals surface area contributed by atoms with Crippen LogP contribution >= 0.6 is 0 Å². The highest BCUT2D eigenvalue weighted by molar-refractivity contribution is 7.89. The van der Waals surface area contributed by atoms with Crippen LogP contribution in [0.15, 0.2) is 23.1 Å². The first-order chi connectivity index (χ1) is 12.3. The fraction of sp³-hybridized carbons (Fsp3) is 0.700. The molecule has 1 N–H and O–H groups in total. The van der Waals surface area contributed by atoms with E-state index in [0.29, 0.717) is 0 Å². The quantitative estimate of drug-likeness (QED) is 0.616. The molecule has 5 nitrogen and oxygen atoms in total. The summed E-state index contributed by atoms with van der Waals surface area (Å²) < 4.78 is 34.4. The standard InChI is InChI=1S/C20H32BNO4S/c1-17(2,3)22-27(23)16-10-9-14(13-15(16)20(24-8)11-12-20)21-25-18(4,5)19(6,7)26-21/h9-10,13,22H,11-12H2,1-8H3. The van der Waals surface area contributed by atoms with Crippen LogP contribution in [0.5, 0.6) is 0 Å². The number of methoxy groups -OCH3 is 1. The molecule has 0 amide bonds. The normalized spacial score (nSPS) is 24.1. The average Bonchev–Trinajstić information content (AvgIpc) is 3.28. The van der Waals surface area contributed by atoms with E-state index >= 15 is 0 Å². The number of hydrogen-bond donors (Lipinski definition) is 1. The summed E-state index contributed by atoms with van der Waals surface area (Å²) in [4.78, 5) is 0.768. The molecule has 1 aromatic carbocycles. The van der Waals surface area contributed by atoms with Crippen LogP contribution < -0.4 is 10.2 Å². The molecule has 7 heteroatoms. The monoisotopic (exact) mass is 393 g/mol. The lowest BCUT2D eigenvalue weighted by Gasteiger charge is -2.32. The van der Waals surface area contributed by atoms with E-state index in [2.05, 4.69) is 10.8 Å². The van der Waals surface area contributed by atoms with Crippen LogP contribution in [0.2, 0.25) is 0 Å². The molecule has 1 aromatic rings. The van der Waals surface area contributed by atoms with Crippen molar-refractivity contribution in [3.05, 3.63) is 23.8 Å². The minimum absolute atomic E-state index is 0.254. The summed E-state index contributed by atoms with van der Waals surface area (Å²) in [5.74, 6) is 0. The van der Waals surface area contributed by atoms with E-state index in [9.17, 15) is 4.55 Å². The highest BCUT2D eigenvalue weighted by Gasteiger charge is 2.53. The molecule has 2 aliphatic rings. The van der Waals surface area contributed by atoms with E-state index in [1.54, 1.807) is 7.11 Å². The van der Waals surface area contributed by atoms with Crippen molar-refractivity contribution in [2.24, 2.45) is 0 Å². The average molecular weight is 393 g/mol. The molecule has 0 spiro atoms. The molecule has 1 atom stereocenters. The van der Waals surface area contributed by atoms with Crippen molar-refractivity contribution in [3.63, 3.8) is 0 Å². The Morgan fingerprint density at radius 1 is 1.11 bits per heavy atom. The van der Waals surface area contributed by atoms with Crippen LogP contribution in [-0.4, -0.2) is 35.5 Å². The Morgan fingerprint density at radius 3 is 2.11 bits per heavy atom. The molecule has 1 unspecified atom stereocenters. The number of hydrogen-bond acceptors (Lipinski definition) is 5. The van der Waals surface area contributed by atoms with E-state index in [4.69, 9.17) is 14.0 Å². The van der Waals surface area contributed by atoms with Gasteiger partial charge in [0.05, 0.1) is 33.7 Å². The number of nitrogens with one attached hydrogen (secondary N) is 1. The summed E-state index contributed by atoms with van der Waals surface area (Å²) in [6, 6.07) is 5.93. The molecule has 1 heterocycles. The van der Waals surface area contributed by atoms with Gasteiger partial charge in [0.1, 0.15) is 0 Å². The molecule has 0 aromatic heterocycles. The Balaban J connectivity index is 1.97. The third kappa shape index (κ3) is 4.09. The first-order valence-corrected chi connectivity index (χ1v) is 10.7. The van der Waals surface area contributed by atoms with Gasteiger partial charge in [-0.25, -0.2) is 0 Å². The minimum Gasteiger partial charge on any atom is -0.593 e. The third-order valence-corrected chi connectivity index (χ3v) is 7.27. The highest BCUT2D eigenvalue weighted by atomic mass is 32.2. The maximum atomic E-state index is 13.0. The second-order valence-corrected chi connectivity index (χ2v) is 10.8. The summed E-state index contributed by atoms with van der Waals surface area (Å²) >= 11 is -1.32. The van der Waals surface area contributed by atoms with Crippen LogP contribution in [0.3, 0.4) is 0 Å². The van der Waals surface area contributed by atoms with Gasteiger partial charge >= 0.3 is 7.12 Å². The molecule has 1 saturated heterocycles. The van der Waals surface area contributed by atoms with Gasteiger partial charge < -0.3 is 18.6 Å². The van der Waals surface area contributed by atoms with Crippen molar-refractivity contribution >= 4 is 23.9 Å². The molecule has 27 heavy (non-hydrogen) atoms. The SMILES string of the molecule is COC1(c2cc(B3OC(C)(C)C(C)(C)O3)ccc2[S+]([O-])NC(C)(C)C)CC1. The molecular formula is C20H32BNO4S. The lowest BCUT2D eigenvalue weighted by molar-refractivity contribution is 0.00578. The van der Waals surface area contributed by atoms with Crippen LogP contribution in [0, 0.1) is 0 Å². The molecule has 1 saturated carbocycles. The van der Waals surface area contributed by atoms with Crippen molar-refractivity contribution in [3.8, 4) is 0 Å².